The quantitative estimate of drug-likeness (QED) is 0.719. The second kappa shape index (κ2) is 4.14. The summed E-state index contributed by atoms with van der Waals surface area (Å²) < 4.78 is 1.05. The highest BCUT2D eigenvalue weighted by Crippen LogP contribution is 2.35. The van der Waals surface area contributed by atoms with Crippen LogP contribution in [-0.2, 0) is 6.42 Å². The molecule has 0 aliphatic carbocycles. The largest absolute Gasteiger partial charge is 0.507 e. The number of nitrogens with one attached hydrogen (secondary N) is 1. The van der Waals surface area contributed by atoms with E-state index in [2.05, 4.69) is 20.5 Å². The van der Waals surface area contributed by atoms with Crippen molar-refractivity contribution in [2.24, 2.45) is 0 Å². The fourth-order valence-electron chi connectivity index (χ4n) is 2.50. The Balaban J connectivity index is 1.90. The molecule has 3 heterocycles. The maximum Gasteiger partial charge on any atom is 0.151 e. The lowest BCUT2D eigenvalue weighted by Crippen LogP contribution is -1.95. The van der Waals surface area contributed by atoms with Crippen LogP contribution in [0.1, 0.15) is 10.6 Å². The van der Waals surface area contributed by atoms with E-state index in [1.54, 1.807) is 17.4 Å². The third kappa shape index (κ3) is 1.72. The number of hydrogen-bond donors (Lipinski definition) is 2. The highest BCUT2D eigenvalue weighted by atomic mass is 32.1. The molecule has 0 saturated heterocycles. The van der Waals surface area contributed by atoms with Crippen molar-refractivity contribution in [3.63, 3.8) is 0 Å². The van der Waals surface area contributed by atoms with Gasteiger partial charge in [-0.15, -0.1) is 21.5 Å². The van der Waals surface area contributed by atoms with Gasteiger partial charge >= 0.3 is 0 Å². The number of thiazole rings is 1. The molecule has 2 aromatic heterocycles. The van der Waals surface area contributed by atoms with Crippen LogP contribution < -0.4 is 5.32 Å². The van der Waals surface area contributed by atoms with Gasteiger partial charge in [-0.2, -0.15) is 0 Å². The van der Waals surface area contributed by atoms with Crippen LogP contribution in [0.25, 0.3) is 21.5 Å². The average Bonchev–Trinajstić information content (AvgIpc) is 3.01. The number of benzene rings is 1. The molecule has 5 nitrogen and oxygen atoms in total. The van der Waals surface area contributed by atoms with E-state index in [4.69, 9.17) is 0 Å². The molecular weight excluding hydrogens is 272 g/mol. The van der Waals surface area contributed by atoms with E-state index in [0.29, 0.717) is 11.3 Å². The first-order chi connectivity index (χ1) is 9.70. The Morgan fingerprint density at radius 3 is 3.05 bits per heavy atom. The molecule has 0 spiro atoms. The van der Waals surface area contributed by atoms with Crippen LogP contribution in [0.15, 0.2) is 18.2 Å². The summed E-state index contributed by atoms with van der Waals surface area (Å²) in [5.41, 5.74) is 3.39. The Hall–Kier alpha value is -2.21. The molecule has 0 radical (unpaired) electrons. The predicted octanol–water partition coefficient (Wildman–Crippen LogP) is 2.74. The Morgan fingerprint density at radius 2 is 2.15 bits per heavy atom. The van der Waals surface area contributed by atoms with Crippen LogP contribution in [0, 0.1) is 6.92 Å². The molecule has 0 saturated carbocycles. The normalized spacial score (nSPS) is 13.4. The summed E-state index contributed by atoms with van der Waals surface area (Å²) in [7, 11) is 0. The smallest absolute Gasteiger partial charge is 0.151 e. The number of rotatable bonds is 1. The molecule has 1 aromatic carbocycles. The van der Waals surface area contributed by atoms with Crippen LogP contribution in [0.4, 0.5) is 5.82 Å². The third-order valence-corrected chi connectivity index (χ3v) is 4.38. The zero-order valence-electron chi connectivity index (χ0n) is 10.8. The van der Waals surface area contributed by atoms with E-state index >= 15 is 0 Å². The second-order valence-electron chi connectivity index (χ2n) is 4.85. The van der Waals surface area contributed by atoms with Crippen molar-refractivity contribution in [3.05, 3.63) is 28.8 Å². The highest BCUT2D eigenvalue weighted by Gasteiger charge is 2.16. The molecule has 20 heavy (non-hydrogen) atoms. The van der Waals surface area contributed by atoms with Gasteiger partial charge in [-0.3, -0.25) is 0 Å². The standard InChI is InChI=1S/C14H12N4OS/c1-7-16-11-6-12(19)9(5-13(11)20-7)10-4-8-2-3-15-14(8)18-17-10/h4-6,19H,2-3H2,1H3,(H,15,18). The zero-order chi connectivity index (χ0) is 13.7. The fourth-order valence-corrected chi connectivity index (χ4v) is 3.35. The van der Waals surface area contributed by atoms with E-state index < -0.39 is 0 Å². The number of phenolic OH excluding ortho intramolecular Hbond substituents is 1. The van der Waals surface area contributed by atoms with Gasteiger partial charge in [0.2, 0.25) is 0 Å². The van der Waals surface area contributed by atoms with Crippen LogP contribution >= 0.6 is 11.3 Å². The van der Waals surface area contributed by atoms with Crippen molar-refractivity contribution in [2.45, 2.75) is 13.3 Å². The maximum atomic E-state index is 10.2. The number of aryl methyl sites for hydroxylation is 1. The summed E-state index contributed by atoms with van der Waals surface area (Å²) >= 11 is 1.61. The topological polar surface area (TPSA) is 70.9 Å². The molecule has 100 valence electrons. The molecule has 2 N–H and O–H groups in total. The average molecular weight is 284 g/mol. The number of nitrogens with zero attached hydrogens (tertiary/aromatic N) is 3. The molecular formula is C14H12N4OS. The molecule has 0 bridgehead atoms. The number of fused-ring (bicyclic) bond motifs is 2. The van der Waals surface area contributed by atoms with Gasteiger partial charge in [-0.05, 0) is 25.5 Å². The highest BCUT2D eigenvalue weighted by molar-refractivity contribution is 7.18. The number of anilines is 1. The summed E-state index contributed by atoms with van der Waals surface area (Å²) in [6, 6.07) is 5.63. The van der Waals surface area contributed by atoms with Gasteiger partial charge in [-0.25, -0.2) is 4.98 Å². The summed E-state index contributed by atoms with van der Waals surface area (Å²) in [4.78, 5) is 4.38. The fraction of sp³-hybridized carbons (Fsp3) is 0.214. The van der Waals surface area contributed by atoms with E-state index in [0.717, 1.165) is 39.6 Å². The van der Waals surface area contributed by atoms with E-state index in [1.165, 1.54) is 0 Å². The lowest BCUT2D eigenvalue weighted by atomic mass is 10.1. The molecule has 3 aromatic rings. The molecule has 0 unspecified atom stereocenters. The third-order valence-electron chi connectivity index (χ3n) is 3.45. The van der Waals surface area contributed by atoms with Crippen molar-refractivity contribution in [2.75, 3.05) is 11.9 Å². The first kappa shape index (κ1) is 11.6. The summed E-state index contributed by atoms with van der Waals surface area (Å²) in [6.07, 6.45) is 0.945. The summed E-state index contributed by atoms with van der Waals surface area (Å²) in [5, 5.41) is 22.8. The number of aromatic hydroxyl groups is 1. The van der Waals surface area contributed by atoms with Crippen LogP contribution in [-0.4, -0.2) is 26.8 Å². The molecule has 0 fully saturated rings. The Kier molecular flexibility index (Phi) is 2.40. The first-order valence-corrected chi connectivity index (χ1v) is 7.23. The summed E-state index contributed by atoms with van der Waals surface area (Å²) in [6.45, 7) is 2.86. The van der Waals surface area contributed by atoms with Gasteiger partial charge < -0.3 is 10.4 Å². The SMILES string of the molecule is Cc1nc2cc(O)c(-c3cc4c(nn3)NCC4)cc2s1. The minimum absolute atomic E-state index is 0.197. The van der Waals surface area contributed by atoms with Gasteiger partial charge in [0, 0.05) is 23.7 Å². The van der Waals surface area contributed by atoms with E-state index in [1.807, 2.05) is 19.1 Å². The monoisotopic (exact) mass is 284 g/mol. The maximum absolute atomic E-state index is 10.2. The van der Waals surface area contributed by atoms with Gasteiger partial charge in [0.05, 0.1) is 20.9 Å². The zero-order valence-corrected chi connectivity index (χ0v) is 11.7. The van der Waals surface area contributed by atoms with Gasteiger partial charge in [0.1, 0.15) is 5.75 Å². The Morgan fingerprint density at radius 1 is 1.25 bits per heavy atom. The van der Waals surface area contributed by atoms with Gasteiger partial charge in [0.15, 0.2) is 5.82 Å². The minimum atomic E-state index is 0.197. The van der Waals surface area contributed by atoms with Crippen molar-refractivity contribution in [1.82, 2.24) is 15.2 Å². The van der Waals surface area contributed by atoms with E-state index in [9.17, 15) is 5.11 Å². The number of hydrogen-bond acceptors (Lipinski definition) is 6. The number of aromatic nitrogens is 3. The second-order valence-corrected chi connectivity index (χ2v) is 6.08. The van der Waals surface area contributed by atoms with Crippen LogP contribution in [0.2, 0.25) is 0 Å². The Labute approximate surface area is 119 Å². The molecule has 0 atom stereocenters. The first-order valence-electron chi connectivity index (χ1n) is 6.42. The summed E-state index contributed by atoms with van der Waals surface area (Å²) in [5.74, 6) is 1.05. The Bertz CT molecular complexity index is 827. The lowest BCUT2D eigenvalue weighted by Gasteiger charge is -2.05. The van der Waals surface area contributed by atoms with Crippen molar-refractivity contribution in [3.8, 4) is 17.0 Å². The lowest BCUT2D eigenvalue weighted by molar-refractivity contribution is 0.478. The van der Waals surface area contributed by atoms with Gasteiger partial charge in [-0.1, -0.05) is 0 Å². The van der Waals surface area contributed by atoms with Crippen molar-refractivity contribution >= 4 is 27.4 Å². The predicted molar refractivity (Wildman–Crippen MR) is 79.2 cm³/mol. The van der Waals surface area contributed by atoms with Crippen molar-refractivity contribution in [1.29, 1.82) is 0 Å². The minimum Gasteiger partial charge on any atom is -0.507 e. The molecule has 0 amide bonds. The van der Waals surface area contributed by atoms with Gasteiger partial charge in [0.25, 0.3) is 0 Å². The number of phenols is 1. The molecule has 6 heteroatoms. The van der Waals surface area contributed by atoms with E-state index in [-0.39, 0.29) is 5.75 Å². The molecule has 1 aliphatic rings. The van der Waals surface area contributed by atoms with Crippen molar-refractivity contribution < 1.29 is 5.11 Å². The molecule has 1 aliphatic heterocycles. The van der Waals surface area contributed by atoms with Crippen LogP contribution in [0.5, 0.6) is 5.75 Å². The van der Waals surface area contributed by atoms with Crippen LogP contribution in [0.3, 0.4) is 0 Å². The molecule has 4 rings (SSSR count).